The molecule has 2 unspecified atom stereocenters. The van der Waals surface area contributed by atoms with Crippen molar-refractivity contribution in [2.75, 3.05) is 6.26 Å². The molecular formula is C22H21NO4S3. The first kappa shape index (κ1) is 21.2. The second kappa shape index (κ2) is 8.99. The summed E-state index contributed by atoms with van der Waals surface area (Å²) in [6.45, 7) is 0. The Labute approximate surface area is 188 Å². The van der Waals surface area contributed by atoms with Gasteiger partial charge in [-0.1, -0.05) is 42.5 Å². The lowest BCUT2D eigenvalue weighted by Crippen LogP contribution is -2.42. The van der Waals surface area contributed by atoms with Crippen molar-refractivity contribution in [3.63, 3.8) is 0 Å². The van der Waals surface area contributed by atoms with Crippen LogP contribution in [0.3, 0.4) is 0 Å². The van der Waals surface area contributed by atoms with Crippen molar-refractivity contribution in [3.05, 3.63) is 47.1 Å². The molecule has 0 spiro atoms. The molecule has 2 atom stereocenters. The minimum atomic E-state index is -0.797. The van der Waals surface area contributed by atoms with E-state index >= 15 is 0 Å². The Balaban J connectivity index is 1.51. The van der Waals surface area contributed by atoms with E-state index < -0.39 is 11.9 Å². The minimum Gasteiger partial charge on any atom is -0.481 e. The van der Waals surface area contributed by atoms with E-state index in [0.29, 0.717) is 27.8 Å². The van der Waals surface area contributed by atoms with Crippen LogP contribution in [0.15, 0.2) is 50.6 Å². The van der Waals surface area contributed by atoms with E-state index in [1.807, 2.05) is 42.7 Å². The molecule has 30 heavy (non-hydrogen) atoms. The van der Waals surface area contributed by atoms with E-state index in [2.05, 4.69) is 0 Å². The molecule has 0 bridgehead atoms. The molecule has 156 valence electrons. The van der Waals surface area contributed by atoms with Gasteiger partial charge in [0.1, 0.15) is 15.8 Å². The minimum absolute atomic E-state index is 0.152. The number of amides is 1. The Bertz CT molecular complexity index is 1010. The van der Waals surface area contributed by atoms with Gasteiger partial charge in [0.15, 0.2) is 0 Å². The van der Waals surface area contributed by atoms with Gasteiger partial charge in [-0.2, -0.15) is 0 Å². The second-order valence-corrected chi connectivity index (χ2v) is 9.89. The summed E-state index contributed by atoms with van der Waals surface area (Å²) in [6.07, 6.45) is 6.42. The van der Waals surface area contributed by atoms with Gasteiger partial charge >= 0.3 is 5.97 Å². The fourth-order valence-electron chi connectivity index (χ4n) is 3.89. The molecule has 2 aromatic rings. The largest absolute Gasteiger partial charge is 0.481 e. The van der Waals surface area contributed by atoms with E-state index in [-0.39, 0.29) is 11.9 Å². The number of carbonyl (C=O) groups is 2. The average molecular weight is 460 g/mol. The Kier molecular flexibility index (Phi) is 6.36. The highest BCUT2D eigenvalue weighted by Gasteiger charge is 2.40. The monoisotopic (exact) mass is 459 g/mol. The molecule has 0 radical (unpaired) electrons. The number of carboxylic acids is 1. The van der Waals surface area contributed by atoms with Gasteiger partial charge in [0, 0.05) is 22.6 Å². The molecule has 2 aliphatic rings. The number of aliphatic carboxylic acids is 1. The first-order chi connectivity index (χ1) is 14.5. The molecule has 5 nitrogen and oxygen atoms in total. The lowest BCUT2D eigenvalue weighted by atomic mass is 9.85. The maximum Gasteiger partial charge on any atom is 0.306 e. The molecule has 2 heterocycles. The maximum absolute atomic E-state index is 13.0. The van der Waals surface area contributed by atoms with Gasteiger partial charge in [0.25, 0.3) is 5.91 Å². The van der Waals surface area contributed by atoms with Gasteiger partial charge < -0.3 is 9.52 Å². The predicted octanol–water partition coefficient (Wildman–Crippen LogP) is 5.51. The van der Waals surface area contributed by atoms with Gasteiger partial charge in [-0.3, -0.25) is 14.5 Å². The normalized spacial score (nSPS) is 23.4. The smallest absolute Gasteiger partial charge is 0.306 e. The Morgan fingerprint density at radius 2 is 2.03 bits per heavy atom. The van der Waals surface area contributed by atoms with E-state index in [9.17, 15) is 14.7 Å². The number of carboxylic acid groups (broad SMARTS) is 1. The highest BCUT2D eigenvalue weighted by atomic mass is 32.2. The van der Waals surface area contributed by atoms with Crippen molar-refractivity contribution < 1.29 is 19.1 Å². The van der Waals surface area contributed by atoms with Crippen LogP contribution in [0.1, 0.15) is 31.4 Å². The van der Waals surface area contributed by atoms with Crippen LogP contribution in [0.2, 0.25) is 0 Å². The number of furan rings is 1. The lowest BCUT2D eigenvalue weighted by molar-refractivity contribution is -0.144. The number of thiocarbonyl (C=S) groups is 1. The predicted molar refractivity (Wildman–Crippen MR) is 124 cm³/mol. The summed E-state index contributed by atoms with van der Waals surface area (Å²) in [6, 6.07) is 11.7. The van der Waals surface area contributed by atoms with Crippen LogP contribution in [0.5, 0.6) is 0 Å². The quantitative estimate of drug-likeness (QED) is 0.359. The molecule has 8 heteroatoms. The average Bonchev–Trinajstić information content (AvgIpc) is 3.32. The van der Waals surface area contributed by atoms with Crippen LogP contribution < -0.4 is 0 Å². The van der Waals surface area contributed by atoms with Crippen LogP contribution in [-0.4, -0.2) is 38.5 Å². The number of hydrogen-bond acceptors (Lipinski definition) is 6. The van der Waals surface area contributed by atoms with Gasteiger partial charge in [-0.25, -0.2) is 0 Å². The van der Waals surface area contributed by atoms with E-state index in [1.165, 1.54) is 16.7 Å². The molecule has 1 amide bonds. The van der Waals surface area contributed by atoms with Crippen molar-refractivity contribution in [2.24, 2.45) is 5.92 Å². The molecule has 1 aromatic carbocycles. The Morgan fingerprint density at radius 1 is 1.27 bits per heavy atom. The lowest BCUT2D eigenvalue weighted by Gasteiger charge is -2.32. The van der Waals surface area contributed by atoms with Crippen LogP contribution in [-0.2, 0) is 9.59 Å². The third-order valence-corrected chi connectivity index (χ3v) is 7.53. The van der Waals surface area contributed by atoms with Crippen molar-refractivity contribution in [1.82, 2.24) is 4.90 Å². The Hall–Kier alpha value is -2.03. The highest BCUT2D eigenvalue weighted by molar-refractivity contribution is 8.26. The zero-order chi connectivity index (χ0) is 21.3. The van der Waals surface area contributed by atoms with Gasteiger partial charge in [-0.05, 0) is 49.8 Å². The number of benzene rings is 1. The third kappa shape index (κ3) is 4.36. The van der Waals surface area contributed by atoms with Gasteiger partial charge in [0.05, 0.1) is 10.8 Å². The fourth-order valence-corrected chi connectivity index (χ4v) is 5.68. The van der Waals surface area contributed by atoms with Crippen molar-refractivity contribution in [3.8, 4) is 11.3 Å². The van der Waals surface area contributed by atoms with E-state index in [0.717, 1.165) is 24.2 Å². The SMILES string of the molecule is CSc1ccc(-c2ccc(C=C3SC(=S)N(C4CCCC(C(=O)O)C4)C3=O)o2)cc1. The summed E-state index contributed by atoms with van der Waals surface area (Å²) >= 11 is 8.38. The first-order valence-corrected chi connectivity index (χ1v) is 12.2. The molecule has 2 fully saturated rings. The Morgan fingerprint density at radius 3 is 2.73 bits per heavy atom. The topological polar surface area (TPSA) is 70.8 Å². The highest BCUT2D eigenvalue weighted by Crippen LogP contribution is 2.39. The number of rotatable bonds is 5. The summed E-state index contributed by atoms with van der Waals surface area (Å²) in [7, 11) is 0. The van der Waals surface area contributed by atoms with E-state index in [4.69, 9.17) is 16.6 Å². The molecular weight excluding hydrogens is 438 g/mol. The van der Waals surface area contributed by atoms with Crippen molar-refractivity contribution in [2.45, 2.75) is 36.6 Å². The number of nitrogens with zero attached hydrogens (tertiary/aromatic N) is 1. The van der Waals surface area contributed by atoms with Crippen LogP contribution in [0.25, 0.3) is 17.4 Å². The van der Waals surface area contributed by atoms with Crippen molar-refractivity contribution >= 4 is 58.0 Å². The number of thioether (sulfide) groups is 2. The third-order valence-electron chi connectivity index (χ3n) is 5.46. The number of hydrogen-bond donors (Lipinski definition) is 1. The summed E-state index contributed by atoms with van der Waals surface area (Å²) in [5.74, 6) is -0.0485. The molecule has 1 aliphatic carbocycles. The second-order valence-electron chi connectivity index (χ2n) is 7.34. The molecule has 1 saturated carbocycles. The van der Waals surface area contributed by atoms with Crippen LogP contribution in [0, 0.1) is 5.92 Å². The van der Waals surface area contributed by atoms with Crippen molar-refractivity contribution in [1.29, 1.82) is 0 Å². The molecule has 1 saturated heterocycles. The number of carbonyl (C=O) groups excluding carboxylic acids is 1. The molecule has 1 aromatic heterocycles. The van der Waals surface area contributed by atoms with Crippen LogP contribution in [0.4, 0.5) is 0 Å². The molecule has 1 aliphatic heterocycles. The molecule has 1 N–H and O–H groups in total. The van der Waals surface area contributed by atoms with Gasteiger partial charge in [-0.15, -0.1) is 11.8 Å². The van der Waals surface area contributed by atoms with E-state index in [1.54, 1.807) is 22.7 Å². The zero-order valence-electron chi connectivity index (χ0n) is 16.4. The first-order valence-electron chi connectivity index (χ1n) is 9.70. The summed E-state index contributed by atoms with van der Waals surface area (Å²) in [5, 5.41) is 9.34. The summed E-state index contributed by atoms with van der Waals surface area (Å²) in [5.41, 5.74) is 0.974. The summed E-state index contributed by atoms with van der Waals surface area (Å²) in [4.78, 5) is 27.7. The molecule has 4 rings (SSSR count). The standard InChI is InChI=1S/C22H21NO4S3/c1-29-17-8-5-13(6-9-17)18-10-7-16(27-18)12-19-20(24)23(22(28)30-19)15-4-2-3-14(11-15)21(25)26/h5-10,12,14-15H,2-4,11H2,1H3,(H,25,26). The fraction of sp³-hybridized carbons (Fsp3) is 0.318. The zero-order valence-corrected chi connectivity index (χ0v) is 18.8. The van der Waals surface area contributed by atoms with Gasteiger partial charge in [0.2, 0.25) is 0 Å². The maximum atomic E-state index is 13.0. The van der Waals surface area contributed by atoms with Crippen LogP contribution >= 0.6 is 35.7 Å². The summed E-state index contributed by atoms with van der Waals surface area (Å²) < 4.78 is 6.42.